The van der Waals surface area contributed by atoms with Gasteiger partial charge in [0.1, 0.15) is 18.1 Å². The maximum Gasteiger partial charge on any atom is 0.311 e. The Kier molecular flexibility index (Phi) is 3.59. The van der Waals surface area contributed by atoms with Crippen molar-refractivity contribution in [2.45, 2.75) is 31.5 Å². The van der Waals surface area contributed by atoms with E-state index in [1.165, 1.54) is 6.20 Å². The van der Waals surface area contributed by atoms with Crippen LogP contribution >= 0.6 is 0 Å². The molecule has 7 heteroatoms. The van der Waals surface area contributed by atoms with Gasteiger partial charge in [-0.15, -0.1) is 0 Å². The van der Waals surface area contributed by atoms with Crippen molar-refractivity contribution in [3.8, 4) is 6.07 Å². The lowest BCUT2D eigenvalue weighted by Crippen LogP contribution is -2.17. The van der Waals surface area contributed by atoms with Gasteiger partial charge in [-0.25, -0.2) is 9.37 Å². The Balaban J connectivity index is 2.12. The van der Waals surface area contributed by atoms with E-state index in [9.17, 15) is 14.5 Å². The zero-order valence-electron chi connectivity index (χ0n) is 11.6. The van der Waals surface area contributed by atoms with E-state index in [0.29, 0.717) is 41.4 Å². The Hall–Kier alpha value is -2.75. The summed E-state index contributed by atoms with van der Waals surface area (Å²) in [6.07, 6.45) is 1.73. The molecule has 1 aromatic heterocycles. The van der Waals surface area contributed by atoms with Gasteiger partial charge in [-0.3, -0.25) is 10.1 Å². The summed E-state index contributed by atoms with van der Waals surface area (Å²) in [6, 6.07) is 6.69. The Bertz CT molecular complexity index is 787. The predicted octanol–water partition coefficient (Wildman–Crippen LogP) is 3.32. The van der Waals surface area contributed by atoms with Crippen LogP contribution in [0.15, 0.2) is 24.4 Å². The Morgan fingerprint density at radius 2 is 2.27 bits per heavy atom. The highest BCUT2D eigenvalue weighted by Crippen LogP contribution is 2.35. The van der Waals surface area contributed by atoms with Crippen molar-refractivity contribution in [3.05, 3.63) is 40.1 Å². The third-order valence-corrected chi connectivity index (χ3v) is 3.89. The molecule has 1 aliphatic rings. The second kappa shape index (κ2) is 5.56. The minimum atomic E-state index is -0.876. The van der Waals surface area contributed by atoms with Crippen LogP contribution in [0.4, 0.5) is 15.8 Å². The first-order valence-corrected chi connectivity index (χ1v) is 6.96. The average Bonchev–Trinajstić information content (AvgIpc) is 2.92. The molecule has 6 nitrogen and oxygen atoms in total. The molecule has 0 unspecified atom stereocenters. The van der Waals surface area contributed by atoms with Crippen molar-refractivity contribution in [3.63, 3.8) is 0 Å². The molecule has 2 aromatic rings. The first-order valence-electron chi connectivity index (χ1n) is 6.96. The van der Waals surface area contributed by atoms with Gasteiger partial charge in [0.2, 0.25) is 0 Å². The molecular weight excluding hydrogens is 287 g/mol. The van der Waals surface area contributed by atoms with Gasteiger partial charge in [-0.2, -0.15) is 5.26 Å². The van der Waals surface area contributed by atoms with E-state index in [1.807, 2.05) is 6.07 Å². The molecule has 1 aliphatic carbocycles. The average molecular weight is 300 g/mol. The number of rotatable bonds is 3. The largest absolute Gasteiger partial charge is 0.376 e. The van der Waals surface area contributed by atoms with Crippen LogP contribution in [0.25, 0.3) is 10.9 Å². The lowest BCUT2D eigenvalue weighted by Gasteiger charge is -2.15. The second-order valence-electron chi connectivity index (χ2n) is 5.37. The second-order valence-corrected chi connectivity index (χ2v) is 5.37. The summed E-state index contributed by atoms with van der Waals surface area (Å²) in [5.74, 6) is 0. The number of nitriles is 1. The fourth-order valence-electron chi connectivity index (χ4n) is 2.80. The molecule has 2 atom stereocenters. The van der Waals surface area contributed by atoms with E-state index in [-0.39, 0.29) is 11.7 Å². The van der Waals surface area contributed by atoms with Gasteiger partial charge in [-0.05, 0) is 37.5 Å². The van der Waals surface area contributed by atoms with Gasteiger partial charge >= 0.3 is 5.69 Å². The number of nitrogens with one attached hydrogen (secondary N) is 1. The maximum atomic E-state index is 13.3. The lowest BCUT2D eigenvalue weighted by atomic mass is 10.1. The number of hydrogen-bond acceptors (Lipinski definition) is 5. The zero-order chi connectivity index (χ0) is 15.7. The fourth-order valence-corrected chi connectivity index (χ4v) is 2.80. The number of pyridine rings is 1. The molecular formula is C15H13FN4O2. The third-order valence-electron chi connectivity index (χ3n) is 3.89. The lowest BCUT2D eigenvalue weighted by molar-refractivity contribution is -0.384. The van der Waals surface area contributed by atoms with E-state index in [1.54, 1.807) is 18.2 Å². The highest BCUT2D eigenvalue weighted by Gasteiger charge is 2.27. The van der Waals surface area contributed by atoms with Crippen molar-refractivity contribution in [1.29, 1.82) is 5.26 Å². The Labute approximate surface area is 125 Å². The minimum absolute atomic E-state index is 0.148. The highest BCUT2D eigenvalue weighted by atomic mass is 19.1. The number of aromatic nitrogens is 1. The molecule has 0 saturated heterocycles. The van der Waals surface area contributed by atoms with E-state index >= 15 is 0 Å². The van der Waals surface area contributed by atoms with E-state index in [4.69, 9.17) is 5.26 Å². The molecule has 22 heavy (non-hydrogen) atoms. The molecule has 1 saturated carbocycles. The van der Waals surface area contributed by atoms with Crippen LogP contribution in [0.1, 0.15) is 24.8 Å². The summed E-state index contributed by atoms with van der Waals surface area (Å²) in [6.45, 7) is 0. The molecule has 3 rings (SSSR count). The molecule has 1 aromatic carbocycles. The Morgan fingerprint density at radius 1 is 1.45 bits per heavy atom. The van der Waals surface area contributed by atoms with Crippen molar-refractivity contribution in [2.24, 2.45) is 0 Å². The van der Waals surface area contributed by atoms with Gasteiger partial charge in [-0.1, -0.05) is 0 Å². The summed E-state index contributed by atoms with van der Waals surface area (Å²) >= 11 is 0. The zero-order valence-corrected chi connectivity index (χ0v) is 11.6. The smallest absolute Gasteiger partial charge is 0.311 e. The van der Waals surface area contributed by atoms with Crippen molar-refractivity contribution in [2.75, 3.05) is 5.32 Å². The van der Waals surface area contributed by atoms with Crippen LogP contribution in [-0.2, 0) is 0 Å². The minimum Gasteiger partial charge on any atom is -0.376 e. The summed E-state index contributed by atoms with van der Waals surface area (Å²) in [5.41, 5.74) is 1.10. The quantitative estimate of drug-likeness (QED) is 0.693. The van der Waals surface area contributed by atoms with Crippen LogP contribution in [0.5, 0.6) is 0 Å². The van der Waals surface area contributed by atoms with Crippen LogP contribution < -0.4 is 5.32 Å². The maximum absolute atomic E-state index is 13.3. The van der Waals surface area contributed by atoms with Crippen molar-refractivity contribution < 1.29 is 9.31 Å². The summed E-state index contributed by atoms with van der Waals surface area (Å²) < 4.78 is 13.3. The van der Waals surface area contributed by atoms with Crippen LogP contribution in [0, 0.1) is 21.4 Å². The van der Waals surface area contributed by atoms with Crippen LogP contribution in [0.2, 0.25) is 0 Å². The summed E-state index contributed by atoms with van der Waals surface area (Å²) in [4.78, 5) is 14.8. The van der Waals surface area contributed by atoms with E-state index < -0.39 is 11.1 Å². The molecule has 0 aliphatic heterocycles. The third kappa shape index (κ3) is 2.55. The van der Waals surface area contributed by atoms with Gasteiger partial charge < -0.3 is 5.32 Å². The summed E-state index contributed by atoms with van der Waals surface area (Å²) in [7, 11) is 0. The topological polar surface area (TPSA) is 91.8 Å². The number of hydrogen-bond donors (Lipinski definition) is 1. The summed E-state index contributed by atoms with van der Waals surface area (Å²) in [5, 5.41) is 23.8. The van der Waals surface area contributed by atoms with Gasteiger partial charge in [0.05, 0.1) is 22.1 Å². The predicted molar refractivity (Wildman–Crippen MR) is 79.3 cm³/mol. The number of halogens is 1. The van der Waals surface area contributed by atoms with Crippen LogP contribution in [-0.4, -0.2) is 22.1 Å². The standard InChI is InChI=1S/C15H13FN4O2/c16-10-2-3-11(6-10)19-15-12-5-9(7-17)1-4-13(12)18-8-14(15)20(21)22/h1,4-5,8,10-11H,2-3,6H2,(H,18,19)/t10-,11+/m0/s1. The number of alkyl halides is 1. The van der Waals surface area contributed by atoms with Gasteiger partial charge in [0.25, 0.3) is 0 Å². The molecule has 0 amide bonds. The molecule has 1 heterocycles. The first-order chi connectivity index (χ1) is 10.6. The molecule has 0 spiro atoms. The van der Waals surface area contributed by atoms with E-state index in [0.717, 1.165) is 0 Å². The fraction of sp³-hybridized carbons (Fsp3) is 0.333. The van der Waals surface area contributed by atoms with Gasteiger partial charge in [0.15, 0.2) is 0 Å². The van der Waals surface area contributed by atoms with Crippen LogP contribution in [0.3, 0.4) is 0 Å². The number of fused-ring (bicyclic) bond motifs is 1. The number of anilines is 1. The monoisotopic (exact) mass is 300 g/mol. The molecule has 0 radical (unpaired) electrons. The first kappa shape index (κ1) is 14.2. The number of nitro groups is 1. The number of benzene rings is 1. The normalized spacial score (nSPS) is 20.7. The van der Waals surface area contributed by atoms with Gasteiger partial charge in [0, 0.05) is 11.4 Å². The van der Waals surface area contributed by atoms with Crippen molar-refractivity contribution in [1.82, 2.24) is 4.98 Å². The SMILES string of the molecule is N#Cc1ccc2ncc([N+](=O)[O-])c(N[C@@H]3CC[C@H](F)C3)c2c1. The number of nitrogens with zero attached hydrogens (tertiary/aromatic N) is 3. The highest BCUT2D eigenvalue weighted by molar-refractivity contribution is 5.96. The van der Waals surface area contributed by atoms with Crippen molar-refractivity contribution >= 4 is 22.3 Å². The molecule has 112 valence electrons. The molecule has 1 N–H and O–H groups in total. The molecule has 1 fully saturated rings. The van der Waals surface area contributed by atoms with E-state index in [2.05, 4.69) is 10.3 Å². The Morgan fingerprint density at radius 3 is 2.91 bits per heavy atom. The molecule has 0 bridgehead atoms.